The summed E-state index contributed by atoms with van der Waals surface area (Å²) in [4.78, 5) is 25.9. The molecule has 4 fully saturated rings. The monoisotopic (exact) mass is 373 g/mol. The van der Waals surface area contributed by atoms with Gasteiger partial charge >= 0.3 is 5.97 Å². The first-order valence-corrected chi connectivity index (χ1v) is 10.5. The lowest BCUT2D eigenvalue weighted by Gasteiger charge is -2.31. The van der Waals surface area contributed by atoms with E-state index >= 15 is 0 Å². The van der Waals surface area contributed by atoms with Gasteiger partial charge in [0.1, 0.15) is 10.6 Å². The molecule has 0 saturated heterocycles. The van der Waals surface area contributed by atoms with Crippen LogP contribution in [-0.4, -0.2) is 17.0 Å². The Bertz CT molecular complexity index is 840. The molecule has 0 spiro atoms. The number of nitrogens with one attached hydrogen (secondary N) is 1. The van der Waals surface area contributed by atoms with Gasteiger partial charge in [0.15, 0.2) is 0 Å². The summed E-state index contributed by atoms with van der Waals surface area (Å²) in [6.45, 7) is 0. The molecular weight excluding hydrogens is 354 g/mol. The zero-order chi connectivity index (χ0) is 17.2. The largest absolute Gasteiger partial charge is 0.478 e. The highest BCUT2D eigenvalue weighted by molar-refractivity contribution is 7.17. The molecule has 6 heteroatoms. The van der Waals surface area contributed by atoms with E-state index in [0.29, 0.717) is 28.3 Å². The minimum Gasteiger partial charge on any atom is -0.478 e. The number of amides is 1. The minimum absolute atomic E-state index is 0.0595. The summed E-state index contributed by atoms with van der Waals surface area (Å²) in [5.41, 5.74) is 0.698. The predicted octanol–water partition coefficient (Wildman–Crippen LogP) is 4.94. The van der Waals surface area contributed by atoms with Gasteiger partial charge in [0, 0.05) is 15.8 Å². The van der Waals surface area contributed by atoms with Gasteiger partial charge in [0.25, 0.3) is 0 Å². The van der Waals surface area contributed by atoms with Crippen molar-refractivity contribution >= 4 is 39.6 Å². The standard InChI is InChI=1S/C19H19NO3S2/c21-17(22)15-13(14-2-1-3-24-14)9-25-16(15)20-18(23)19-7-10-4-11(8-19)6-12(19)5-10/h1-3,9-12H,4-8H2,(H,20,23)(H,21,22). The molecule has 4 aliphatic rings. The molecule has 2 heterocycles. The normalized spacial score (nSPS) is 32.2. The lowest BCUT2D eigenvalue weighted by Crippen LogP contribution is -2.37. The molecule has 1 amide bonds. The summed E-state index contributed by atoms with van der Waals surface area (Å²) < 4.78 is 0. The number of rotatable bonds is 4. The van der Waals surface area contributed by atoms with Crippen LogP contribution in [0.25, 0.3) is 10.4 Å². The number of carbonyl (C=O) groups excluding carboxylic acids is 1. The number of carboxylic acid groups (broad SMARTS) is 1. The number of hydrogen-bond acceptors (Lipinski definition) is 4. The molecule has 0 radical (unpaired) electrons. The van der Waals surface area contributed by atoms with Crippen molar-refractivity contribution in [1.82, 2.24) is 0 Å². The van der Waals surface area contributed by atoms with Gasteiger partial charge in [-0.05, 0) is 61.3 Å². The highest BCUT2D eigenvalue weighted by Gasteiger charge is 2.61. The van der Waals surface area contributed by atoms with Crippen LogP contribution in [0.5, 0.6) is 0 Å². The maximum Gasteiger partial charge on any atom is 0.339 e. The van der Waals surface area contributed by atoms with Crippen LogP contribution < -0.4 is 5.32 Å². The average molecular weight is 373 g/mol. The van der Waals surface area contributed by atoms with E-state index in [1.54, 1.807) is 0 Å². The second-order valence-electron chi connectivity index (χ2n) is 7.79. The Morgan fingerprint density at radius 1 is 1.16 bits per heavy atom. The lowest BCUT2D eigenvalue weighted by atomic mass is 9.75. The van der Waals surface area contributed by atoms with Crippen molar-refractivity contribution in [3.8, 4) is 10.4 Å². The maximum absolute atomic E-state index is 13.2. The molecule has 0 aromatic carbocycles. The summed E-state index contributed by atoms with van der Waals surface area (Å²) >= 11 is 2.84. The van der Waals surface area contributed by atoms with E-state index in [1.807, 2.05) is 22.9 Å². The Labute approximate surface area is 153 Å². The Morgan fingerprint density at radius 3 is 2.56 bits per heavy atom. The molecular formula is C19H19NO3S2. The summed E-state index contributed by atoms with van der Waals surface area (Å²) in [7, 11) is 0. The maximum atomic E-state index is 13.2. The zero-order valence-corrected chi connectivity index (χ0v) is 15.3. The fraction of sp³-hybridized carbons (Fsp3) is 0.474. The number of hydrogen-bond donors (Lipinski definition) is 2. The zero-order valence-electron chi connectivity index (χ0n) is 13.7. The second kappa shape index (κ2) is 5.42. The fourth-order valence-corrected chi connectivity index (χ4v) is 7.44. The van der Waals surface area contributed by atoms with Gasteiger partial charge in [0.2, 0.25) is 5.91 Å². The first-order chi connectivity index (χ1) is 12.1. The minimum atomic E-state index is -0.977. The van der Waals surface area contributed by atoms with Crippen LogP contribution in [0.1, 0.15) is 42.5 Å². The molecule has 130 valence electrons. The summed E-state index contributed by atoms with van der Waals surface area (Å²) in [6.07, 6.45) is 5.63. The van der Waals surface area contributed by atoms with E-state index in [9.17, 15) is 14.7 Å². The van der Waals surface area contributed by atoms with Crippen molar-refractivity contribution < 1.29 is 14.7 Å². The summed E-state index contributed by atoms with van der Waals surface area (Å²) in [5.74, 6) is 0.986. The van der Waals surface area contributed by atoms with Crippen molar-refractivity contribution in [3.63, 3.8) is 0 Å². The van der Waals surface area contributed by atoms with Crippen LogP contribution >= 0.6 is 22.7 Å². The van der Waals surface area contributed by atoms with Crippen LogP contribution in [0.2, 0.25) is 0 Å². The van der Waals surface area contributed by atoms with E-state index in [2.05, 4.69) is 5.32 Å². The molecule has 2 aromatic rings. The van der Waals surface area contributed by atoms with Crippen LogP contribution in [0.3, 0.4) is 0 Å². The second-order valence-corrected chi connectivity index (χ2v) is 9.62. The number of aromatic carboxylic acids is 1. The molecule has 2 aromatic heterocycles. The molecule has 4 bridgehead atoms. The third-order valence-corrected chi connectivity index (χ3v) is 8.26. The molecule has 2 atom stereocenters. The van der Waals surface area contributed by atoms with E-state index in [0.717, 1.165) is 17.7 Å². The average Bonchev–Trinajstić information content (AvgIpc) is 3.29. The Hall–Kier alpha value is -1.66. The van der Waals surface area contributed by atoms with Gasteiger partial charge in [-0.2, -0.15) is 0 Å². The topological polar surface area (TPSA) is 66.4 Å². The third-order valence-electron chi connectivity index (χ3n) is 6.46. The summed E-state index contributed by atoms with van der Waals surface area (Å²) in [6, 6.07) is 3.83. The molecule has 0 aliphatic heterocycles. The van der Waals surface area contributed by atoms with Crippen molar-refractivity contribution in [1.29, 1.82) is 0 Å². The van der Waals surface area contributed by atoms with E-state index in [-0.39, 0.29) is 16.9 Å². The first-order valence-electron chi connectivity index (χ1n) is 8.77. The molecule has 4 aliphatic carbocycles. The van der Waals surface area contributed by atoms with Crippen LogP contribution in [0.4, 0.5) is 5.00 Å². The first kappa shape index (κ1) is 15.6. The van der Waals surface area contributed by atoms with Gasteiger partial charge in [-0.25, -0.2) is 4.79 Å². The van der Waals surface area contributed by atoms with E-state index < -0.39 is 5.97 Å². The van der Waals surface area contributed by atoms with Crippen molar-refractivity contribution in [2.45, 2.75) is 32.1 Å². The van der Waals surface area contributed by atoms with Gasteiger partial charge in [-0.15, -0.1) is 22.7 Å². The van der Waals surface area contributed by atoms with Gasteiger partial charge in [-0.1, -0.05) is 6.07 Å². The van der Waals surface area contributed by atoms with Crippen molar-refractivity contribution in [2.75, 3.05) is 5.32 Å². The van der Waals surface area contributed by atoms with Crippen LogP contribution in [0.15, 0.2) is 22.9 Å². The highest BCUT2D eigenvalue weighted by atomic mass is 32.1. The quantitative estimate of drug-likeness (QED) is 0.798. The fourth-order valence-electron chi connectivity index (χ4n) is 5.67. The van der Waals surface area contributed by atoms with Gasteiger partial charge in [-0.3, -0.25) is 4.79 Å². The highest BCUT2D eigenvalue weighted by Crippen LogP contribution is 2.65. The van der Waals surface area contributed by atoms with Crippen molar-refractivity contribution in [2.24, 2.45) is 23.2 Å². The molecule has 6 rings (SSSR count). The predicted molar refractivity (Wildman–Crippen MR) is 99.2 cm³/mol. The Morgan fingerprint density at radius 2 is 1.92 bits per heavy atom. The SMILES string of the molecule is O=C(O)c1c(-c2cccs2)csc1NC(=O)C12CC3CC(CC1C3)C2. The van der Waals surface area contributed by atoms with Gasteiger partial charge < -0.3 is 10.4 Å². The lowest BCUT2D eigenvalue weighted by molar-refractivity contribution is -0.127. The Balaban J connectivity index is 1.47. The van der Waals surface area contributed by atoms with E-state index in [1.165, 1.54) is 41.9 Å². The van der Waals surface area contributed by atoms with Gasteiger partial charge in [0.05, 0.1) is 5.41 Å². The van der Waals surface area contributed by atoms with E-state index in [4.69, 9.17) is 0 Å². The van der Waals surface area contributed by atoms with Crippen LogP contribution in [-0.2, 0) is 4.79 Å². The number of carbonyl (C=O) groups is 2. The molecule has 2 N–H and O–H groups in total. The van der Waals surface area contributed by atoms with Crippen molar-refractivity contribution in [3.05, 3.63) is 28.5 Å². The number of carboxylic acids is 1. The third kappa shape index (κ3) is 2.23. The Kier molecular flexibility index (Phi) is 3.38. The molecule has 4 nitrogen and oxygen atoms in total. The number of thiophene rings is 2. The van der Waals surface area contributed by atoms with Crippen LogP contribution in [0, 0.1) is 23.2 Å². The smallest absolute Gasteiger partial charge is 0.339 e. The molecule has 25 heavy (non-hydrogen) atoms. The molecule has 2 unspecified atom stereocenters. The summed E-state index contributed by atoms with van der Waals surface area (Å²) in [5, 5.41) is 17.0. The number of anilines is 1. The molecule has 4 saturated carbocycles.